The zero-order valence-corrected chi connectivity index (χ0v) is 17.8. The Labute approximate surface area is 174 Å². The highest BCUT2D eigenvalue weighted by Gasteiger charge is 2.23. The Morgan fingerprint density at radius 2 is 1.83 bits per heavy atom. The van der Waals surface area contributed by atoms with E-state index in [-0.39, 0.29) is 12.0 Å². The van der Waals surface area contributed by atoms with Crippen LogP contribution in [0.4, 0.5) is 5.69 Å². The van der Waals surface area contributed by atoms with E-state index in [4.69, 9.17) is 9.47 Å². The predicted molar refractivity (Wildman–Crippen MR) is 117 cm³/mol. The van der Waals surface area contributed by atoms with Gasteiger partial charge in [-0.2, -0.15) is 0 Å². The van der Waals surface area contributed by atoms with Crippen molar-refractivity contribution in [3.8, 4) is 5.75 Å². The van der Waals surface area contributed by atoms with Gasteiger partial charge in [-0.15, -0.1) is 0 Å². The van der Waals surface area contributed by atoms with E-state index in [2.05, 4.69) is 36.1 Å². The van der Waals surface area contributed by atoms with E-state index in [1.54, 1.807) is 0 Å². The van der Waals surface area contributed by atoms with Crippen molar-refractivity contribution < 1.29 is 14.3 Å². The van der Waals surface area contributed by atoms with E-state index < -0.39 is 0 Å². The molecule has 0 radical (unpaired) electrons. The second kappa shape index (κ2) is 10.3. The lowest BCUT2D eigenvalue weighted by Crippen LogP contribution is -2.37. The summed E-state index contributed by atoms with van der Waals surface area (Å²) in [4.78, 5) is 17.2. The first-order chi connectivity index (χ1) is 14.1. The molecule has 156 valence electrons. The summed E-state index contributed by atoms with van der Waals surface area (Å²) in [6.45, 7) is 4.73. The third-order valence-electron chi connectivity index (χ3n) is 5.14. The standard InChI is InChI=1S/C24H32N2O3/c1-4-15-28-22-13-9-20(10-14-22)24(27)26(18-23-6-5-16-29-23)17-19-7-11-21(12-8-19)25(2)3/h7-14,23H,4-6,15-18H2,1-3H3/t23-/m1/s1. The number of amides is 1. The summed E-state index contributed by atoms with van der Waals surface area (Å²) in [5, 5.41) is 0. The molecule has 2 aromatic rings. The second-order valence-corrected chi connectivity index (χ2v) is 7.75. The number of benzene rings is 2. The summed E-state index contributed by atoms with van der Waals surface area (Å²) in [6.07, 6.45) is 3.15. The minimum atomic E-state index is 0.0271. The molecule has 0 aliphatic carbocycles. The average Bonchev–Trinajstić information content (AvgIpc) is 3.25. The molecule has 1 saturated heterocycles. The van der Waals surface area contributed by atoms with Crippen LogP contribution in [0.1, 0.15) is 42.1 Å². The molecule has 29 heavy (non-hydrogen) atoms. The first-order valence-corrected chi connectivity index (χ1v) is 10.5. The quantitative estimate of drug-likeness (QED) is 0.631. The van der Waals surface area contributed by atoms with Crippen molar-refractivity contribution in [1.82, 2.24) is 4.90 Å². The van der Waals surface area contributed by atoms with Crippen LogP contribution in [-0.4, -0.2) is 50.8 Å². The number of anilines is 1. The predicted octanol–water partition coefficient (Wildman–Crippen LogP) is 4.36. The summed E-state index contributed by atoms with van der Waals surface area (Å²) >= 11 is 0. The molecule has 0 unspecified atom stereocenters. The molecule has 0 N–H and O–H groups in total. The molecule has 1 amide bonds. The molecule has 1 aliphatic rings. The second-order valence-electron chi connectivity index (χ2n) is 7.75. The van der Waals surface area contributed by atoms with Gasteiger partial charge < -0.3 is 19.3 Å². The van der Waals surface area contributed by atoms with Crippen molar-refractivity contribution in [1.29, 1.82) is 0 Å². The first kappa shape index (κ1) is 21.2. The number of hydrogen-bond donors (Lipinski definition) is 0. The fraction of sp³-hybridized carbons (Fsp3) is 0.458. The number of nitrogens with zero attached hydrogens (tertiary/aromatic N) is 2. The highest BCUT2D eigenvalue weighted by atomic mass is 16.5. The van der Waals surface area contributed by atoms with Crippen LogP contribution in [-0.2, 0) is 11.3 Å². The van der Waals surface area contributed by atoms with Gasteiger partial charge in [0, 0.05) is 45.0 Å². The number of carbonyl (C=O) groups is 1. The van der Waals surface area contributed by atoms with Gasteiger partial charge in [0.15, 0.2) is 0 Å². The molecular formula is C24H32N2O3. The minimum absolute atomic E-state index is 0.0271. The zero-order chi connectivity index (χ0) is 20.6. The number of carbonyl (C=O) groups excluding carboxylic acids is 1. The Kier molecular flexibility index (Phi) is 7.53. The van der Waals surface area contributed by atoms with Gasteiger partial charge in [-0.3, -0.25) is 4.79 Å². The van der Waals surface area contributed by atoms with E-state index in [0.29, 0.717) is 25.3 Å². The summed E-state index contributed by atoms with van der Waals surface area (Å²) in [7, 11) is 4.05. The lowest BCUT2D eigenvalue weighted by atomic mass is 10.1. The van der Waals surface area contributed by atoms with Crippen molar-refractivity contribution in [3.63, 3.8) is 0 Å². The van der Waals surface area contributed by atoms with Crippen LogP contribution < -0.4 is 9.64 Å². The zero-order valence-electron chi connectivity index (χ0n) is 17.8. The molecule has 5 heteroatoms. The van der Waals surface area contributed by atoms with E-state index >= 15 is 0 Å². The van der Waals surface area contributed by atoms with Crippen molar-refractivity contribution in [2.75, 3.05) is 38.8 Å². The number of ether oxygens (including phenoxy) is 2. The van der Waals surface area contributed by atoms with Gasteiger partial charge >= 0.3 is 0 Å². The van der Waals surface area contributed by atoms with Crippen molar-refractivity contribution in [3.05, 3.63) is 59.7 Å². The van der Waals surface area contributed by atoms with Crippen LogP contribution in [0, 0.1) is 0 Å². The fourth-order valence-electron chi connectivity index (χ4n) is 3.47. The van der Waals surface area contributed by atoms with Gasteiger partial charge in [-0.1, -0.05) is 19.1 Å². The topological polar surface area (TPSA) is 42.0 Å². The van der Waals surface area contributed by atoms with Gasteiger partial charge in [0.05, 0.1) is 12.7 Å². The van der Waals surface area contributed by atoms with Gasteiger partial charge in [0.1, 0.15) is 5.75 Å². The smallest absolute Gasteiger partial charge is 0.254 e. The summed E-state index contributed by atoms with van der Waals surface area (Å²) < 4.78 is 11.4. The summed E-state index contributed by atoms with van der Waals surface area (Å²) in [5.41, 5.74) is 2.94. The van der Waals surface area contributed by atoms with Gasteiger partial charge in [-0.25, -0.2) is 0 Å². The molecule has 1 fully saturated rings. The molecule has 0 bridgehead atoms. The molecule has 0 saturated carbocycles. The molecule has 3 rings (SSSR count). The minimum Gasteiger partial charge on any atom is -0.494 e. The van der Waals surface area contributed by atoms with Crippen LogP contribution in [0.25, 0.3) is 0 Å². The largest absolute Gasteiger partial charge is 0.494 e. The van der Waals surface area contributed by atoms with Gasteiger partial charge in [0.25, 0.3) is 5.91 Å². The maximum atomic E-state index is 13.3. The number of rotatable bonds is 9. The van der Waals surface area contributed by atoms with Crippen LogP contribution >= 0.6 is 0 Å². The van der Waals surface area contributed by atoms with Crippen molar-refractivity contribution >= 4 is 11.6 Å². The molecule has 0 spiro atoms. The fourth-order valence-corrected chi connectivity index (χ4v) is 3.47. The normalized spacial score (nSPS) is 15.9. The van der Waals surface area contributed by atoms with E-state index in [1.807, 2.05) is 43.3 Å². The SMILES string of the molecule is CCCOc1ccc(C(=O)N(Cc2ccc(N(C)C)cc2)C[C@H]2CCCO2)cc1. The summed E-state index contributed by atoms with van der Waals surface area (Å²) in [6, 6.07) is 15.8. The van der Waals surface area contributed by atoms with Crippen molar-refractivity contribution in [2.24, 2.45) is 0 Å². The third-order valence-corrected chi connectivity index (χ3v) is 5.14. The van der Waals surface area contributed by atoms with E-state index in [1.165, 1.54) is 0 Å². The third kappa shape index (κ3) is 5.97. The Morgan fingerprint density at radius 3 is 2.41 bits per heavy atom. The lowest BCUT2D eigenvalue weighted by Gasteiger charge is -2.26. The van der Waals surface area contributed by atoms with E-state index in [0.717, 1.165) is 42.9 Å². The average molecular weight is 397 g/mol. The molecule has 5 nitrogen and oxygen atoms in total. The Balaban J connectivity index is 1.73. The monoisotopic (exact) mass is 396 g/mol. The van der Waals surface area contributed by atoms with Crippen LogP contribution in [0.5, 0.6) is 5.75 Å². The van der Waals surface area contributed by atoms with Crippen molar-refractivity contribution in [2.45, 2.75) is 38.8 Å². The van der Waals surface area contributed by atoms with E-state index in [9.17, 15) is 4.79 Å². The molecule has 1 heterocycles. The highest BCUT2D eigenvalue weighted by molar-refractivity contribution is 5.94. The molecule has 0 aromatic heterocycles. The highest BCUT2D eigenvalue weighted by Crippen LogP contribution is 2.20. The molecule has 1 aliphatic heterocycles. The number of hydrogen-bond acceptors (Lipinski definition) is 4. The molecule has 2 aromatic carbocycles. The van der Waals surface area contributed by atoms with Crippen LogP contribution in [0.15, 0.2) is 48.5 Å². The maximum Gasteiger partial charge on any atom is 0.254 e. The lowest BCUT2D eigenvalue weighted by molar-refractivity contribution is 0.0507. The van der Waals surface area contributed by atoms with Crippen LogP contribution in [0.2, 0.25) is 0 Å². The Morgan fingerprint density at radius 1 is 1.10 bits per heavy atom. The Bertz CT molecular complexity index is 766. The van der Waals surface area contributed by atoms with Crippen LogP contribution in [0.3, 0.4) is 0 Å². The first-order valence-electron chi connectivity index (χ1n) is 10.5. The van der Waals surface area contributed by atoms with Gasteiger partial charge in [0.2, 0.25) is 0 Å². The summed E-state index contributed by atoms with van der Waals surface area (Å²) in [5.74, 6) is 0.826. The Hall–Kier alpha value is -2.53. The van der Waals surface area contributed by atoms with Gasteiger partial charge in [-0.05, 0) is 61.2 Å². The molecular weight excluding hydrogens is 364 g/mol. The maximum absolute atomic E-state index is 13.3. The molecule has 1 atom stereocenters.